The number of hydrogen-bond acceptors (Lipinski definition) is 6. The van der Waals surface area contributed by atoms with Crippen LogP contribution in [-0.4, -0.2) is 71.6 Å². The molecule has 0 atom stereocenters. The minimum absolute atomic E-state index is 0. The molecule has 2 N–H and O–H groups in total. The summed E-state index contributed by atoms with van der Waals surface area (Å²) in [5.41, 5.74) is 1.82. The fourth-order valence-electron chi connectivity index (χ4n) is 3.10. The summed E-state index contributed by atoms with van der Waals surface area (Å²) in [5.74, 6) is 1.33. The lowest BCUT2D eigenvalue weighted by Gasteiger charge is -2.36. The molecular weight excluding hydrogens is 485 g/mol. The first-order valence-corrected chi connectivity index (χ1v) is 9.45. The molecule has 1 fully saturated rings. The predicted octanol–water partition coefficient (Wildman–Crippen LogP) is 1.72. The topological polar surface area (TPSA) is 98.9 Å². The maximum atomic E-state index is 12.1. The van der Waals surface area contributed by atoms with Gasteiger partial charge in [0.2, 0.25) is 5.91 Å². The summed E-state index contributed by atoms with van der Waals surface area (Å²) in [7, 11) is 1.76. The molecule has 1 saturated heterocycles. The molecule has 0 radical (unpaired) electrons. The molecule has 0 spiro atoms. The largest absolute Gasteiger partial charge is 0.364 e. The summed E-state index contributed by atoms with van der Waals surface area (Å²) in [6.07, 6.45) is 1.95. The van der Waals surface area contributed by atoms with Crippen molar-refractivity contribution >= 4 is 41.7 Å². The Bertz CT molecular complexity index is 790. The summed E-state index contributed by atoms with van der Waals surface area (Å²) in [4.78, 5) is 25.3. The lowest BCUT2D eigenvalue weighted by molar-refractivity contribution is -0.116. The zero-order valence-corrected chi connectivity index (χ0v) is 19.1. The monoisotopic (exact) mass is 513 g/mol. The Morgan fingerprint density at radius 2 is 2.03 bits per heavy atom. The summed E-state index contributed by atoms with van der Waals surface area (Å²) in [6, 6.07) is 7.45. The molecule has 9 nitrogen and oxygen atoms in total. The summed E-state index contributed by atoms with van der Waals surface area (Å²) < 4.78 is 4.89. The van der Waals surface area contributed by atoms with Gasteiger partial charge in [-0.1, -0.05) is 11.2 Å². The Balaban J connectivity index is 0.00000300. The number of aromatic nitrogens is 2. The van der Waals surface area contributed by atoms with Gasteiger partial charge in [-0.15, -0.1) is 24.0 Å². The minimum atomic E-state index is -0.0708. The molecule has 0 saturated carbocycles. The van der Waals surface area contributed by atoms with Gasteiger partial charge in [-0.25, -0.2) is 4.98 Å². The van der Waals surface area contributed by atoms with Crippen LogP contribution in [0.25, 0.3) is 0 Å². The second kappa shape index (κ2) is 11.7. The molecule has 158 valence electrons. The van der Waals surface area contributed by atoms with Crippen LogP contribution in [0.1, 0.15) is 17.8 Å². The first-order chi connectivity index (χ1) is 13.6. The zero-order chi connectivity index (χ0) is 19.8. The van der Waals surface area contributed by atoms with Crippen molar-refractivity contribution in [2.24, 2.45) is 4.99 Å². The summed E-state index contributed by atoms with van der Waals surface area (Å²) >= 11 is 0. The number of nitrogens with zero attached hydrogens (tertiary/aromatic N) is 5. The Morgan fingerprint density at radius 3 is 2.69 bits per heavy atom. The fourth-order valence-corrected chi connectivity index (χ4v) is 3.10. The van der Waals surface area contributed by atoms with E-state index in [9.17, 15) is 4.79 Å². The van der Waals surface area contributed by atoms with E-state index in [2.05, 4.69) is 35.6 Å². The maximum Gasteiger partial charge on any atom is 0.227 e. The molecule has 2 aromatic heterocycles. The van der Waals surface area contributed by atoms with Crippen molar-refractivity contribution in [3.63, 3.8) is 0 Å². The van der Waals surface area contributed by atoms with Crippen molar-refractivity contribution in [1.29, 1.82) is 0 Å². The number of hydrogen-bond donors (Lipinski definition) is 2. The van der Waals surface area contributed by atoms with E-state index in [1.54, 1.807) is 19.4 Å². The summed E-state index contributed by atoms with van der Waals surface area (Å²) in [6.45, 7) is 6.80. The molecule has 2 aromatic rings. The van der Waals surface area contributed by atoms with Gasteiger partial charge in [0.1, 0.15) is 12.1 Å². The van der Waals surface area contributed by atoms with Crippen LogP contribution in [0.3, 0.4) is 0 Å². The number of rotatable bonds is 6. The molecule has 29 heavy (non-hydrogen) atoms. The lowest BCUT2D eigenvalue weighted by Crippen LogP contribution is -2.52. The Morgan fingerprint density at radius 1 is 1.24 bits per heavy atom. The normalized spacial score (nSPS) is 15.0. The highest BCUT2D eigenvalue weighted by atomic mass is 127. The Hall–Kier alpha value is -2.21. The third-order valence-electron chi connectivity index (χ3n) is 4.55. The van der Waals surface area contributed by atoms with E-state index in [1.165, 1.54) is 0 Å². The first kappa shape index (κ1) is 23.1. The molecule has 0 bridgehead atoms. The predicted molar refractivity (Wildman–Crippen MR) is 122 cm³/mol. The zero-order valence-electron chi connectivity index (χ0n) is 16.8. The third-order valence-corrected chi connectivity index (χ3v) is 4.55. The molecular formula is C19H28IN7O2. The molecule has 0 unspecified atom stereocenters. The van der Waals surface area contributed by atoms with Crippen LogP contribution >= 0.6 is 24.0 Å². The molecule has 0 aromatic carbocycles. The van der Waals surface area contributed by atoms with Crippen molar-refractivity contribution in [3.05, 3.63) is 41.9 Å². The highest BCUT2D eigenvalue weighted by Gasteiger charge is 2.20. The Kier molecular flexibility index (Phi) is 9.32. The second-order valence-corrected chi connectivity index (χ2v) is 6.69. The van der Waals surface area contributed by atoms with Crippen LogP contribution in [0.2, 0.25) is 0 Å². The average Bonchev–Trinajstić information content (AvgIpc) is 3.19. The molecule has 1 aliphatic heterocycles. The number of guanidine groups is 1. The van der Waals surface area contributed by atoms with E-state index in [4.69, 9.17) is 4.52 Å². The maximum absolute atomic E-state index is 12.1. The molecule has 1 amide bonds. The van der Waals surface area contributed by atoms with Crippen molar-refractivity contribution < 1.29 is 9.32 Å². The van der Waals surface area contributed by atoms with Gasteiger partial charge in [0, 0.05) is 64.5 Å². The van der Waals surface area contributed by atoms with Crippen LogP contribution in [-0.2, 0) is 11.3 Å². The van der Waals surface area contributed by atoms with Crippen LogP contribution in [0.4, 0.5) is 5.82 Å². The van der Waals surface area contributed by atoms with Gasteiger partial charge < -0.3 is 20.1 Å². The molecule has 3 rings (SSSR count). The number of carbonyl (C=O) groups is 1. The smallest absolute Gasteiger partial charge is 0.227 e. The molecule has 0 aliphatic carbocycles. The van der Waals surface area contributed by atoms with E-state index >= 15 is 0 Å². The van der Waals surface area contributed by atoms with E-state index in [0.29, 0.717) is 18.8 Å². The quantitative estimate of drug-likeness (QED) is 0.345. The number of anilines is 1. The standard InChI is InChI=1S/C19H27N7O2.HI/c1-15-4-3-5-17(22-15)23-18(27)6-8-21-19(20-2)26-11-9-25(10-12-26)14-16-7-13-28-24-16;/h3-5,7,13H,6,8-12,14H2,1-2H3,(H,20,21)(H,22,23,27);1H. The van der Waals surface area contributed by atoms with Gasteiger partial charge in [-0.2, -0.15) is 0 Å². The van der Waals surface area contributed by atoms with Crippen molar-refractivity contribution in [2.75, 3.05) is 45.1 Å². The van der Waals surface area contributed by atoms with Gasteiger partial charge in [0.15, 0.2) is 5.96 Å². The number of piperazine rings is 1. The van der Waals surface area contributed by atoms with Crippen LogP contribution in [0.5, 0.6) is 0 Å². The first-order valence-electron chi connectivity index (χ1n) is 9.45. The fraction of sp³-hybridized carbons (Fsp3) is 0.474. The van der Waals surface area contributed by atoms with E-state index in [-0.39, 0.29) is 29.9 Å². The van der Waals surface area contributed by atoms with E-state index < -0.39 is 0 Å². The number of amides is 1. The average molecular weight is 513 g/mol. The van der Waals surface area contributed by atoms with Crippen LogP contribution < -0.4 is 10.6 Å². The van der Waals surface area contributed by atoms with Crippen LogP contribution in [0.15, 0.2) is 40.0 Å². The van der Waals surface area contributed by atoms with Crippen LogP contribution in [0, 0.1) is 6.92 Å². The molecule has 3 heterocycles. The number of aryl methyl sites for hydroxylation is 1. The SMILES string of the molecule is CN=C(NCCC(=O)Nc1cccc(C)n1)N1CCN(Cc2ccon2)CC1.I. The van der Waals surface area contributed by atoms with Crippen molar-refractivity contribution in [3.8, 4) is 0 Å². The van der Waals surface area contributed by atoms with Crippen molar-refractivity contribution in [1.82, 2.24) is 25.3 Å². The molecule has 10 heteroatoms. The summed E-state index contributed by atoms with van der Waals surface area (Å²) in [5, 5.41) is 10.1. The highest BCUT2D eigenvalue weighted by Crippen LogP contribution is 2.07. The minimum Gasteiger partial charge on any atom is -0.364 e. The third kappa shape index (κ3) is 7.28. The number of aliphatic imine (C=N–C) groups is 1. The lowest BCUT2D eigenvalue weighted by atomic mass is 10.3. The number of carbonyl (C=O) groups excluding carboxylic acids is 1. The van der Waals surface area contributed by atoms with Gasteiger partial charge in [-0.3, -0.25) is 14.7 Å². The van der Waals surface area contributed by atoms with Gasteiger partial charge in [-0.05, 0) is 19.1 Å². The molecule has 1 aliphatic rings. The number of nitrogens with one attached hydrogen (secondary N) is 2. The van der Waals surface area contributed by atoms with E-state index in [1.807, 2.05) is 25.1 Å². The Labute approximate surface area is 188 Å². The highest BCUT2D eigenvalue weighted by molar-refractivity contribution is 14.0. The van der Waals surface area contributed by atoms with E-state index in [0.717, 1.165) is 50.1 Å². The number of halogens is 1. The van der Waals surface area contributed by atoms with Gasteiger partial charge in [0.25, 0.3) is 0 Å². The second-order valence-electron chi connectivity index (χ2n) is 6.69. The van der Waals surface area contributed by atoms with Crippen molar-refractivity contribution in [2.45, 2.75) is 19.9 Å². The number of pyridine rings is 1. The van der Waals surface area contributed by atoms with Gasteiger partial charge >= 0.3 is 0 Å². The van der Waals surface area contributed by atoms with Gasteiger partial charge in [0.05, 0.1) is 5.69 Å².